The first-order valence-electron chi connectivity index (χ1n) is 10.2. The summed E-state index contributed by atoms with van der Waals surface area (Å²) in [7, 11) is 1.98. The summed E-state index contributed by atoms with van der Waals surface area (Å²) >= 11 is 0. The third kappa shape index (κ3) is 6.94. The number of aromatic nitrogens is 3. The quantitative estimate of drug-likeness (QED) is 0.399. The molecule has 7 heteroatoms. The molecule has 0 spiro atoms. The molecule has 0 aliphatic carbocycles. The lowest BCUT2D eigenvalue weighted by atomic mass is 9.99. The maximum atomic E-state index is 4.69. The topological polar surface area (TPSA) is 70.4 Å². The van der Waals surface area contributed by atoms with Crippen molar-refractivity contribution in [3.8, 4) is 0 Å². The normalized spacial score (nSPS) is 16.8. The zero-order valence-electron chi connectivity index (χ0n) is 17.1. The minimum atomic E-state index is 0.544. The Morgan fingerprint density at radius 2 is 1.85 bits per heavy atom. The van der Waals surface area contributed by atoms with E-state index in [-0.39, 0.29) is 0 Å². The Balaban J connectivity index is 1.76. The van der Waals surface area contributed by atoms with Gasteiger partial charge in [0.05, 0.1) is 0 Å². The number of hydrogen-bond acceptors (Lipinski definition) is 4. The van der Waals surface area contributed by atoms with E-state index in [9.17, 15) is 0 Å². The van der Waals surface area contributed by atoms with Gasteiger partial charge in [0.15, 0.2) is 11.8 Å². The molecule has 0 radical (unpaired) electrons. The first-order valence-corrected chi connectivity index (χ1v) is 10.2. The number of aliphatic imine (C=N–C) groups is 1. The van der Waals surface area contributed by atoms with Crippen LogP contribution < -0.4 is 10.6 Å². The van der Waals surface area contributed by atoms with Crippen LogP contribution in [0.3, 0.4) is 0 Å². The van der Waals surface area contributed by atoms with Crippen molar-refractivity contribution in [1.29, 1.82) is 0 Å². The third-order valence-electron chi connectivity index (χ3n) is 5.20. The summed E-state index contributed by atoms with van der Waals surface area (Å²) in [4.78, 5) is 7.28. The lowest BCUT2D eigenvalue weighted by molar-refractivity contribution is 0.191. The van der Waals surface area contributed by atoms with Gasteiger partial charge in [-0.3, -0.25) is 0 Å². The Hall–Kier alpha value is -1.63. The number of aryl methyl sites for hydroxylation is 1. The molecule has 1 fully saturated rings. The van der Waals surface area contributed by atoms with Gasteiger partial charge in [-0.15, -0.1) is 10.2 Å². The van der Waals surface area contributed by atoms with Crippen LogP contribution in [0.25, 0.3) is 0 Å². The molecule has 2 rings (SSSR count). The molecule has 1 aromatic heterocycles. The van der Waals surface area contributed by atoms with Gasteiger partial charge in [0, 0.05) is 20.1 Å². The molecule has 7 nitrogen and oxygen atoms in total. The van der Waals surface area contributed by atoms with Crippen LogP contribution in [0.15, 0.2) is 4.99 Å². The van der Waals surface area contributed by atoms with E-state index in [1.165, 1.54) is 38.9 Å². The minimum Gasteiger partial charge on any atom is -0.356 e. The lowest BCUT2D eigenvalue weighted by Gasteiger charge is -2.30. The zero-order chi connectivity index (χ0) is 18.8. The largest absolute Gasteiger partial charge is 0.356 e. The van der Waals surface area contributed by atoms with Crippen molar-refractivity contribution in [2.24, 2.45) is 18.0 Å². The number of rotatable bonds is 9. The third-order valence-corrected chi connectivity index (χ3v) is 5.20. The smallest absolute Gasteiger partial charge is 0.191 e. The minimum absolute atomic E-state index is 0.544. The summed E-state index contributed by atoms with van der Waals surface area (Å²) in [6.45, 7) is 12.6. The SMILES string of the molecule is CCCCNC(=NCc1nnc(C)n1C)NCCCN1CCC(C)CC1. The van der Waals surface area contributed by atoms with Crippen LogP contribution in [-0.4, -0.2) is 58.3 Å². The highest BCUT2D eigenvalue weighted by Gasteiger charge is 2.14. The Labute approximate surface area is 158 Å². The van der Waals surface area contributed by atoms with Crippen LogP contribution in [0.2, 0.25) is 0 Å². The molecule has 26 heavy (non-hydrogen) atoms. The summed E-state index contributed by atoms with van der Waals surface area (Å²) in [5.41, 5.74) is 0. The average Bonchev–Trinajstić information content (AvgIpc) is 2.96. The fourth-order valence-corrected chi connectivity index (χ4v) is 3.09. The van der Waals surface area contributed by atoms with E-state index >= 15 is 0 Å². The van der Waals surface area contributed by atoms with E-state index in [4.69, 9.17) is 4.99 Å². The van der Waals surface area contributed by atoms with Crippen molar-refractivity contribution in [1.82, 2.24) is 30.3 Å². The Morgan fingerprint density at radius 1 is 1.15 bits per heavy atom. The van der Waals surface area contributed by atoms with E-state index in [2.05, 4.69) is 39.6 Å². The van der Waals surface area contributed by atoms with Gasteiger partial charge in [0.2, 0.25) is 0 Å². The van der Waals surface area contributed by atoms with Crippen LogP contribution in [-0.2, 0) is 13.6 Å². The number of hydrogen-bond donors (Lipinski definition) is 2. The molecule has 0 unspecified atom stereocenters. The van der Waals surface area contributed by atoms with Crippen LogP contribution >= 0.6 is 0 Å². The summed E-state index contributed by atoms with van der Waals surface area (Å²) in [5, 5.41) is 15.2. The number of guanidine groups is 1. The highest BCUT2D eigenvalue weighted by Crippen LogP contribution is 2.15. The molecular weight excluding hydrogens is 326 g/mol. The summed E-state index contributed by atoms with van der Waals surface area (Å²) in [6, 6.07) is 0. The van der Waals surface area contributed by atoms with Gasteiger partial charge in [0.25, 0.3) is 0 Å². The highest BCUT2D eigenvalue weighted by molar-refractivity contribution is 5.79. The summed E-state index contributed by atoms with van der Waals surface area (Å²) < 4.78 is 1.99. The van der Waals surface area contributed by atoms with Crippen molar-refractivity contribution in [3.63, 3.8) is 0 Å². The molecule has 0 amide bonds. The molecule has 1 aliphatic rings. The number of unbranched alkanes of at least 4 members (excludes halogenated alkanes) is 1. The number of piperidine rings is 1. The second kappa shape index (κ2) is 11.2. The fraction of sp³-hybridized carbons (Fsp3) is 0.842. The van der Waals surface area contributed by atoms with Crippen LogP contribution in [0.5, 0.6) is 0 Å². The second-order valence-corrected chi connectivity index (χ2v) is 7.47. The van der Waals surface area contributed by atoms with Gasteiger partial charge >= 0.3 is 0 Å². The first kappa shape index (κ1) is 20.7. The van der Waals surface area contributed by atoms with E-state index in [0.29, 0.717) is 6.54 Å². The predicted octanol–water partition coefficient (Wildman–Crippen LogP) is 2.08. The Morgan fingerprint density at radius 3 is 2.46 bits per heavy atom. The van der Waals surface area contributed by atoms with Crippen molar-refractivity contribution in [2.75, 3.05) is 32.7 Å². The van der Waals surface area contributed by atoms with Crippen molar-refractivity contribution >= 4 is 5.96 Å². The number of likely N-dealkylation sites (tertiary alicyclic amines) is 1. The maximum Gasteiger partial charge on any atom is 0.191 e. The lowest BCUT2D eigenvalue weighted by Crippen LogP contribution is -2.40. The molecule has 0 saturated carbocycles. The molecule has 1 aliphatic heterocycles. The Bertz CT molecular complexity index is 544. The van der Waals surface area contributed by atoms with E-state index in [1.807, 2.05) is 18.5 Å². The second-order valence-electron chi connectivity index (χ2n) is 7.47. The fourth-order valence-electron chi connectivity index (χ4n) is 3.09. The van der Waals surface area contributed by atoms with Crippen LogP contribution in [0.4, 0.5) is 0 Å². The van der Waals surface area contributed by atoms with Crippen LogP contribution in [0.1, 0.15) is 57.6 Å². The van der Waals surface area contributed by atoms with Gasteiger partial charge in [-0.1, -0.05) is 20.3 Å². The average molecular weight is 364 g/mol. The molecule has 2 N–H and O–H groups in total. The van der Waals surface area contributed by atoms with Gasteiger partial charge in [-0.05, 0) is 58.2 Å². The van der Waals surface area contributed by atoms with Crippen molar-refractivity contribution in [2.45, 2.75) is 59.4 Å². The standard InChI is InChI=1S/C19H37N7/c1-5-6-10-20-19(22-15-18-24-23-17(3)25(18)4)21-11-7-12-26-13-8-16(2)9-14-26/h16H,5-15H2,1-4H3,(H2,20,21,22). The van der Waals surface area contributed by atoms with Gasteiger partial charge in [0.1, 0.15) is 12.4 Å². The monoisotopic (exact) mass is 363 g/mol. The molecule has 0 atom stereocenters. The molecule has 2 heterocycles. The molecule has 1 saturated heterocycles. The predicted molar refractivity (Wildman–Crippen MR) is 107 cm³/mol. The Kier molecular flexibility index (Phi) is 8.88. The zero-order valence-corrected chi connectivity index (χ0v) is 17.1. The molecule has 0 aromatic carbocycles. The van der Waals surface area contributed by atoms with E-state index < -0.39 is 0 Å². The van der Waals surface area contributed by atoms with Gasteiger partial charge in [-0.2, -0.15) is 0 Å². The number of nitrogens with one attached hydrogen (secondary N) is 2. The molecular formula is C19H37N7. The van der Waals surface area contributed by atoms with Crippen molar-refractivity contribution < 1.29 is 0 Å². The molecule has 148 valence electrons. The van der Waals surface area contributed by atoms with Crippen LogP contribution in [0, 0.1) is 12.8 Å². The van der Waals surface area contributed by atoms with Crippen molar-refractivity contribution in [3.05, 3.63) is 11.6 Å². The van der Waals surface area contributed by atoms with Gasteiger partial charge < -0.3 is 20.1 Å². The molecule has 0 bridgehead atoms. The first-order chi connectivity index (χ1) is 12.6. The highest BCUT2D eigenvalue weighted by atomic mass is 15.3. The maximum absolute atomic E-state index is 4.69. The summed E-state index contributed by atoms with van der Waals surface area (Å²) in [6.07, 6.45) is 6.16. The van der Waals surface area contributed by atoms with E-state index in [0.717, 1.165) is 49.5 Å². The number of nitrogens with zero attached hydrogens (tertiary/aromatic N) is 5. The van der Waals surface area contributed by atoms with E-state index in [1.54, 1.807) is 0 Å². The van der Waals surface area contributed by atoms with Gasteiger partial charge in [-0.25, -0.2) is 4.99 Å². The summed E-state index contributed by atoms with van der Waals surface area (Å²) in [5.74, 6) is 3.59. The molecule has 1 aromatic rings.